The fraction of sp³-hybridized carbons (Fsp3) is 0.333. The first kappa shape index (κ1) is 9.51. The van der Waals surface area contributed by atoms with E-state index in [4.69, 9.17) is 10.8 Å². The first-order valence-corrected chi connectivity index (χ1v) is 4.03. The number of anilines is 1. The molecule has 3 N–H and O–H groups in total. The number of hydrogen-bond donors (Lipinski definition) is 2. The SMILES string of the molecule is Cc1nc(N)ccc1CCC(=O)O. The molecule has 13 heavy (non-hydrogen) atoms. The lowest BCUT2D eigenvalue weighted by Crippen LogP contribution is -2.01. The van der Waals surface area contributed by atoms with Crippen molar-refractivity contribution in [3.8, 4) is 0 Å². The Hall–Kier alpha value is -1.58. The van der Waals surface area contributed by atoms with E-state index in [-0.39, 0.29) is 6.42 Å². The smallest absolute Gasteiger partial charge is 0.303 e. The molecule has 0 atom stereocenters. The lowest BCUT2D eigenvalue weighted by Gasteiger charge is -2.03. The minimum Gasteiger partial charge on any atom is -0.481 e. The van der Waals surface area contributed by atoms with Crippen LogP contribution in [-0.4, -0.2) is 16.1 Å². The molecule has 0 bridgehead atoms. The second kappa shape index (κ2) is 3.89. The zero-order valence-electron chi connectivity index (χ0n) is 7.45. The van der Waals surface area contributed by atoms with Gasteiger partial charge in [0.1, 0.15) is 5.82 Å². The molecule has 4 nitrogen and oxygen atoms in total. The lowest BCUT2D eigenvalue weighted by atomic mass is 10.1. The number of carbonyl (C=O) groups is 1. The topological polar surface area (TPSA) is 76.2 Å². The van der Waals surface area contributed by atoms with Gasteiger partial charge in [-0.25, -0.2) is 4.98 Å². The van der Waals surface area contributed by atoms with Crippen molar-refractivity contribution in [3.05, 3.63) is 23.4 Å². The van der Waals surface area contributed by atoms with Crippen molar-refractivity contribution < 1.29 is 9.90 Å². The molecule has 0 aliphatic rings. The van der Waals surface area contributed by atoms with Crippen LogP contribution in [0.3, 0.4) is 0 Å². The molecule has 0 saturated heterocycles. The van der Waals surface area contributed by atoms with Crippen molar-refractivity contribution in [1.29, 1.82) is 0 Å². The molecule has 0 saturated carbocycles. The molecular weight excluding hydrogens is 168 g/mol. The summed E-state index contributed by atoms with van der Waals surface area (Å²) >= 11 is 0. The van der Waals surface area contributed by atoms with Crippen molar-refractivity contribution in [3.63, 3.8) is 0 Å². The van der Waals surface area contributed by atoms with Crippen LogP contribution in [0.4, 0.5) is 5.82 Å². The van der Waals surface area contributed by atoms with E-state index in [9.17, 15) is 4.79 Å². The summed E-state index contributed by atoms with van der Waals surface area (Å²) in [6.45, 7) is 1.83. The Morgan fingerprint density at radius 2 is 2.31 bits per heavy atom. The molecule has 1 aromatic rings. The van der Waals surface area contributed by atoms with Crippen LogP contribution in [-0.2, 0) is 11.2 Å². The van der Waals surface area contributed by atoms with Gasteiger partial charge in [0.25, 0.3) is 0 Å². The number of nitrogens with zero attached hydrogens (tertiary/aromatic N) is 1. The minimum absolute atomic E-state index is 0.131. The molecule has 0 aliphatic heterocycles. The predicted molar refractivity (Wildman–Crippen MR) is 49.3 cm³/mol. The number of nitrogen functional groups attached to an aromatic ring is 1. The maximum absolute atomic E-state index is 10.3. The molecule has 0 radical (unpaired) electrons. The second-order valence-electron chi connectivity index (χ2n) is 2.87. The van der Waals surface area contributed by atoms with Crippen molar-refractivity contribution in [2.24, 2.45) is 0 Å². The van der Waals surface area contributed by atoms with E-state index in [1.165, 1.54) is 0 Å². The highest BCUT2D eigenvalue weighted by Crippen LogP contribution is 2.09. The number of pyridine rings is 1. The van der Waals surface area contributed by atoms with E-state index in [2.05, 4.69) is 4.98 Å². The van der Waals surface area contributed by atoms with Crippen LogP contribution >= 0.6 is 0 Å². The molecule has 0 unspecified atom stereocenters. The van der Waals surface area contributed by atoms with E-state index in [1.807, 2.05) is 13.0 Å². The van der Waals surface area contributed by atoms with Crippen LogP contribution < -0.4 is 5.73 Å². The molecular formula is C9H12N2O2. The lowest BCUT2D eigenvalue weighted by molar-refractivity contribution is -0.136. The average molecular weight is 180 g/mol. The quantitative estimate of drug-likeness (QED) is 0.727. The largest absolute Gasteiger partial charge is 0.481 e. The van der Waals surface area contributed by atoms with E-state index < -0.39 is 5.97 Å². The molecule has 4 heteroatoms. The first-order chi connectivity index (χ1) is 6.09. The van der Waals surface area contributed by atoms with Gasteiger partial charge in [0.2, 0.25) is 0 Å². The Morgan fingerprint density at radius 1 is 1.62 bits per heavy atom. The summed E-state index contributed by atoms with van der Waals surface area (Å²) in [5, 5.41) is 8.48. The van der Waals surface area contributed by atoms with Gasteiger partial charge >= 0.3 is 5.97 Å². The van der Waals surface area contributed by atoms with E-state index in [1.54, 1.807) is 6.07 Å². The number of aromatic nitrogens is 1. The Morgan fingerprint density at radius 3 is 2.85 bits per heavy atom. The maximum atomic E-state index is 10.3. The molecule has 1 rings (SSSR count). The minimum atomic E-state index is -0.795. The standard InChI is InChI=1S/C9H12N2O2/c1-6-7(3-5-9(12)13)2-4-8(10)11-6/h2,4H,3,5H2,1H3,(H2,10,11)(H,12,13). The van der Waals surface area contributed by atoms with Gasteiger partial charge in [0.15, 0.2) is 0 Å². The third-order valence-electron chi connectivity index (χ3n) is 1.83. The van der Waals surface area contributed by atoms with Gasteiger partial charge in [-0.15, -0.1) is 0 Å². The average Bonchev–Trinajstić information content (AvgIpc) is 2.02. The van der Waals surface area contributed by atoms with Gasteiger partial charge in [-0.05, 0) is 25.0 Å². The third-order valence-corrected chi connectivity index (χ3v) is 1.83. The Balaban J connectivity index is 2.72. The van der Waals surface area contributed by atoms with Crippen molar-refractivity contribution >= 4 is 11.8 Å². The number of carboxylic acid groups (broad SMARTS) is 1. The van der Waals surface area contributed by atoms with Crippen LogP contribution in [0.15, 0.2) is 12.1 Å². The normalized spacial score (nSPS) is 9.92. The van der Waals surface area contributed by atoms with E-state index >= 15 is 0 Å². The summed E-state index contributed by atoms with van der Waals surface area (Å²) in [6, 6.07) is 3.50. The zero-order valence-corrected chi connectivity index (χ0v) is 7.45. The van der Waals surface area contributed by atoms with Crippen LogP contribution in [0.1, 0.15) is 17.7 Å². The number of aryl methyl sites for hydroxylation is 2. The number of rotatable bonds is 3. The predicted octanol–water partition coefficient (Wildman–Crippen LogP) is 0.989. The van der Waals surface area contributed by atoms with Crippen LogP contribution in [0, 0.1) is 6.92 Å². The summed E-state index contributed by atoms with van der Waals surface area (Å²) < 4.78 is 0. The highest BCUT2D eigenvalue weighted by atomic mass is 16.4. The molecule has 0 aromatic carbocycles. The number of aliphatic carboxylic acids is 1. The van der Waals surface area contributed by atoms with Gasteiger partial charge in [0.05, 0.1) is 0 Å². The highest BCUT2D eigenvalue weighted by Gasteiger charge is 2.02. The summed E-state index contributed by atoms with van der Waals surface area (Å²) in [7, 11) is 0. The number of nitrogens with two attached hydrogens (primary N) is 1. The fourth-order valence-corrected chi connectivity index (χ4v) is 1.12. The second-order valence-corrected chi connectivity index (χ2v) is 2.87. The monoisotopic (exact) mass is 180 g/mol. The van der Waals surface area contributed by atoms with Crippen molar-refractivity contribution in [1.82, 2.24) is 4.98 Å². The molecule has 1 aromatic heterocycles. The van der Waals surface area contributed by atoms with E-state index in [0.29, 0.717) is 12.2 Å². The molecule has 70 valence electrons. The van der Waals surface area contributed by atoms with Gasteiger partial charge in [-0.2, -0.15) is 0 Å². The molecule has 0 amide bonds. The van der Waals surface area contributed by atoms with Crippen LogP contribution in [0.5, 0.6) is 0 Å². The van der Waals surface area contributed by atoms with Gasteiger partial charge in [-0.3, -0.25) is 4.79 Å². The zero-order chi connectivity index (χ0) is 9.84. The van der Waals surface area contributed by atoms with Gasteiger partial charge in [0, 0.05) is 12.1 Å². The first-order valence-electron chi connectivity index (χ1n) is 4.03. The molecule has 0 spiro atoms. The fourth-order valence-electron chi connectivity index (χ4n) is 1.12. The Kier molecular flexibility index (Phi) is 2.84. The van der Waals surface area contributed by atoms with Crippen LogP contribution in [0.25, 0.3) is 0 Å². The molecule has 0 aliphatic carbocycles. The van der Waals surface area contributed by atoms with Crippen molar-refractivity contribution in [2.45, 2.75) is 19.8 Å². The van der Waals surface area contributed by atoms with Gasteiger partial charge in [-0.1, -0.05) is 6.07 Å². The summed E-state index contributed by atoms with van der Waals surface area (Å²) in [5.41, 5.74) is 7.20. The molecule has 0 fully saturated rings. The Bertz CT molecular complexity index is 323. The summed E-state index contributed by atoms with van der Waals surface area (Å²) in [6.07, 6.45) is 0.640. The van der Waals surface area contributed by atoms with Crippen molar-refractivity contribution in [2.75, 3.05) is 5.73 Å². The third kappa shape index (κ3) is 2.74. The number of hydrogen-bond acceptors (Lipinski definition) is 3. The Labute approximate surface area is 76.4 Å². The summed E-state index contributed by atoms with van der Waals surface area (Å²) in [5.74, 6) is -0.326. The van der Waals surface area contributed by atoms with E-state index in [0.717, 1.165) is 11.3 Å². The van der Waals surface area contributed by atoms with Gasteiger partial charge < -0.3 is 10.8 Å². The van der Waals surface area contributed by atoms with Crippen LogP contribution in [0.2, 0.25) is 0 Å². The maximum Gasteiger partial charge on any atom is 0.303 e. The number of carboxylic acids is 1. The highest BCUT2D eigenvalue weighted by molar-refractivity contribution is 5.67. The molecule has 1 heterocycles. The summed E-state index contributed by atoms with van der Waals surface area (Å²) in [4.78, 5) is 14.3.